The molecule has 0 amide bonds. The normalized spacial score (nSPS) is 10.6. The van der Waals surface area contributed by atoms with Crippen LogP contribution in [0.1, 0.15) is 21.6 Å². The Labute approximate surface area is 100 Å². The van der Waals surface area contributed by atoms with Crippen LogP contribution in [0.5, 0.6) is 0 Å². The highest BCUT2D eigenvalue weighted by Crippen LogP contribution is 2.19. The van der Waals surface area contributed by atoms with Gasteiger partial charge in [-0.25, -0.2) is 0 Å². The number of rotatable bonds is 4. The number of aryl methyl sites for hydroxylation is 1. The number of aliphatic hydroxyl groups is 1. The lowest BCUT2D eigenvalue weighted by Gasteiger charge is -2.03. The molecule has 1 heterocycles. The summed E-state index contributed by atoms with van der Waals surface area (Å²) < 4.78 is 0. The Kier molecular flexibility index (Phi) is 3.75. The van der Waals surface area contributed by atoms with Crippen molar-refractivity contribution in [3.63, 3.8) is 0 Å². The zero-order valence-electron chi connectivity index (χ0n) is 9.44. The summed E-state index contributed by atoms with van der Waals surface area (Å²) in [4.78, 5) is 1.27. The van der Waals surface area contributed by atoms with E-state index < -0.39 is 0 Å². The SMILES string of the molecule is Cc1ccccc1Cc1csc(CCO)c1. The maximum atomic E-state index is 8.87. The van der Waals surface area contributed by atoms with Crippen LogP contribution in [0.25, 0.3) is 0 Å². The minimum Gasteiger partial charge on any atom is -0.396 e. The molecule has 2 aromatic rings. The summed E-state index contributed by atoms with van der Waals surface area (Å²) in [7, 11) is 0. The molecule has 1 N–H and O–H groups in total. The van der Waals surface area contributed by atoms with Gasteiger partial charge in [0.25, 0.3) is 0 Å². The van der Waals surface area contributed by atoms with Gasteiger partial charge in [-0.3, -0.25) is 0 Å². The lowest BCUT2D eigenvalue weighted by Crippen LogP contribution is -1.90. The minimum absolute atomic E-state index is 0.240. The van der Waals surface area contributed by atoms with Crippen molar-refractivity contribution in [1.82, 2.24) is 0 Å². The molecule has 1 aromatic carbocycles. The van der Waals surface area contributed by atoms with E-state index >= 15 is 0 Å². The molecule has 2 heteroatoms. The van der Waals surface area contributed by atoms with E-state index in [1.807, 2.05) is 0 Å². The summed E-state index contributed by atoms with van der Waals surface area (Å²) in [5.74, 6) is 0. The Hall–Kier alpha value is -1.12. The molecule has 84 valence electrons. The van der Waals surface area contributed by atoms with E-state index in [2.05, 4.69) is 42.6 Å². The van der Waals surface area contributed by atoms with Gasteiger partial charge >= 0.3 is 0 Å². The standard InChI is InChI=1S/C14H16OS/c1-11-4-2-3-5-13(11)8-12-9-14(6-7-15)16-10-12/h2-5,9-10,15H,6-8H2,1H3. The second-order valence-electron chi connectivity index (χ2n) is 4.00. The van der Waals surface area contributed by atoms with Gasteiger partial charge < -0.3 is 5.11 Å². The third-order valence-electron chi connectivity index (χ3n) is 2.72. The maximum Gasteiger partial charge on any atom is 0.0479 e. The van der Waals surface area contributed by atoms with Gasteiger partial charge in [0.05, 0.1) is 0 Å². The fourth-order valence-corrected chi connectivity index (χ4v) is 2.67. The Morgan fingerprint density at radius 2 is 2.06 bits per heavy atom. The van der Waals surface area contributed by atoms with Crippen LogP contribution in [0.2, 0.25) is 0 Å². The van der Waals surface area contributed by atoms with Gasteiger partial charge in [0.1, 0.15) is 0 Å². The molecule has 0 fully saturated rings. The van der Waals surface area contributed by atoms with Crippen molar-refractivity contribution in [1.29, 1.82) is 0 Å². The van der Waals surface area contributed by atoms with Crippen molar-refractivity contribution in [2.45, 2.75) is 19.8 Å². The molecule has 0 unspecified atom stereocenters. The van der Waals surface area contributed by atoms with Gasteiger partial charge in [-0.15, -0.1) is 11.3 Å². The van der Waals surface area contributed by atoms with E-state index in [4.69, 9.17) is 5.11 Å². The molecule has 0 atom stereocenters. The van der Waals surface area contributed by atoms with E-state index in [1.54, 1.807) is 11.3 Å². The van der Waals surface area contributed by atoms with Crippen molar-refractivity contribution in [3.05, 3.63) is 57.3 Å². The van der Waals surface area contributed by atoms with Crippen LogP contribution in [0.3, 0.4) is 0 Å². The third-order valence-corrected chi connectivity index (χ3v) is 3.77. The molecule has 16 heavy (non-hydrogen) atoms. The number of hydrogen-bond donors (Lipinski definition) is 1. The van der Waals surface area contributed by atoms with Crippen molar-refractivity contribution in [3.8, 4) is 0 Å². The lowest BCUT2D eigenvalue weighted by molar-refractivity contribution is 0.300. The fourth-order valence-electron chi connectivity index (χ4n) is 1.79. The zero-order valence-corrected chi connectivity index (χ0v) is 10.3. The molecular formula is C14H16OS. The number of thiophene rings is 1. The maximum absolute atomic E-state index is 8.87. The topological polar surface area (TPSA) is 20.2 Å². The van der Waals surface area contributed by atoms with Crippen LogP contribution >= 0.6 is 11.3 Å². The molecule has 0 spiro atoms. The fraction of sp³-hybridized carbons (Fsp3) is 0.286. The summed E-state index contributed by atoms with van der Waals surface area (Å²) in [5.41, 5.74) is 4.08. The number of hydrogen-bond acceptors (Lipinski definition) is 2. The average Bonchev–Trinajstić information content (AvgIpc) is 2.70. The second kappa shape index (κ2) is 5.28. The summed E-state index contributed by atoms with van der Waals surface area (Å²) in [6, 6.07) is 10.7. The molecule has 0 aliphatic rings. The Bertz CT molecular complexity index is 459. The van der Waals surface area contributed by atoms with Crippen LogP contribution in [0.4, 0.5) is 0 Å². The number of benzene rings is 1. The highest BCUT2D eigenvalue weighted by atomic mass is 32.1. The molecule has 0 aliphatic carbocycles. The molecule has 0 bridgehead atoms. The van der Waals surface area contributed by atoms with Crippen LogP contribution in [-0.4, -0.2) is 11.7 Å². The molecule has 1 aromatic heterocycles. The van der Waals surface area contributed by atoms with E-state index in [0.717, 1.165) is 12.8 Å². The van der Waals surface area contributed by atoms with Crippen LogP contribution in [0, 0.1) is 6.92 Å². The largest absolute Gasteiger partial charge is 0.396 e. The summed E-state index contributed by atoms with van der Waals surface area (Å²) in [6.07, 6.45) is 1.77. The van der Waals surface area contributed by atoms with Crippen LogP contribution < -0.4 is 0 Å². The summed E-state index contributed by atoms with van der Waals surface area (Å²) in [5, 5.41) is 11.1. The predicted molar refractivity (Wildman–Crippen MR) is 69.1 cm³/mol. The van der Waals surface area contributed by atoms with Crippen molar-refractivity contribution >= 4 is 11.3 Å². The zero-order chi connectivity index (χ0) is 11.4. The highest BCUT2D eigenvalue weighted by Gasteiger charge is 2.02. The van der Waals surface area contributed by atoms with E-state index in [9.17, 15) is 0 Å². The summed E-state index contributed by atoms with van der Waals surface area (Å²) >= 11 is 1.74. The van der Waals surface area contributed by atoms with Gasteiger partial charge in [0, 0.05) is 17.9 Å². The van der Waals surface area contributed by atoms with Gasteiger partial charge in [-0.1, -0.05) is 24.3 Å². The first-order valence-electron chi connectivity index (χ1n) is 5.51. The predicted octanol–water partition coefficient (Wildman–Crippen LogP) is 3.18. The first kappa shape index (κ1) is 11.4. The van der Waals surface area contributed by atoms with Crippen molar-refractivity contribution < 1.29 is 5.11 Å². The molecule has 1 nitrogen and oxygen atoms in total. The van der Waals surface area contributed by atoms with Gasteiger partial charge in [-0.2, -0.15) is 0 Å². The van der Waals surface area contributed by atoms with Gasteiger partial charge in [0.15, 0.2) is 0 Å². The molecule has 0 radical (unpaired) electrons. The minimum atomic E-state index is 0.240. The van der Waals surface area contributed by atoms with Crippen LogP contribution in [0.15, 0.2) is 35.7 Å². The molecule has 0 saturated carbocycles. The Morgan fingerprint density at radius 3 is 2.81 bits per heavy atom. The molecular weight excluding hydrogens is 216 g/mol. The number of aliphatic hydroxyl groups excluding tert-OH is 1. The van der Waals surface area contributed by atoms with Gasteiger partial charge in [0.2, 0.25) is 0 Å². The molecule has 0 aliphatic heterocycles. The molecule has 2 rings (SSSR count). The van der Waals surface area contributed by atoms with E-state index in [1.165, 1.54) is 21.6 Å². The first-order valence-corrected chi connectivity index (χ1v) is 6.39. The quantitative estimate of drug-likeness (QED) is 0.858. The average molecular weight is 232 g/mol. The Morgan fingerprint density at radius 1 is 1.25 bits per heavy atom. The first-order chi connectivity index (χ1) is 7.79. The Balaban J connectivity index is 2.11. The monoisotopic (exact) mass is 232 g/mol. The smallest absolute Gasteiger partial charge is 0.0479 e. The van der Waals surface area contributed by atoms with E-state index in [-0.39, 0.29) is 6.61 Å². The van der Waals surface area contributed by atoms with Crippen LogP contribution in [-0.2, 0) is 12.8 Å². The van der Waals surface area contributed by atoms with Crippen molar-refractivity contribution in [2.75, 3.05) is 6.61 Å². The van der Waals surface area contributed by atoms with E-state index in [0.29, 0.717) is 0 Å². The van der Waals surface area contributed by atoms with Gasteiger partial charge in [-0.05, 0) is 41.5 Å². The van der Waals surface area contributed by atoms with Crippen molar-refractivity contribution in [2.24, 2.45) is 0 Å². The third kappa shape index (κ3) is 2.71. The highest BCUT2D eigenvalue weighted by molar-refractivity contribution is 7.10. The molecule has 0 saturated heterocycles. The lowest BCUT2D eigenvalue weighted by atomic mass is 10.0. The second-order valence-corrected chi connectivity index (χ2v) is 4.99. The summed E-state index contributed by atoms with van der Waals surface area (Å²) in [6.45, 7) is 2.39.